The lowest BCUT2D eigenvalue weighted by Crippen LogP contribution is -2.50. The van der Waals surface area contributed by atoms with Crippen molar-refractivity contribution in [1.29, 1.82) is 0 Å². The Morgan fingerprint density at radius 1 is 1.37 bits per heavy atom. The second-order valence-electron chi connectivity index (χ2n) is 5.87. The van der Waals surface area contributed by atoms with Gasteiger partial charge < -0.3 is 15.3 Å². The van der Waals surface area contributed by atoms with Gasteiger partial charge >= 0.3 is 0 Å². The van der Waals surface area contributed by atoms with Gasteiger partial charge in [0.15, 0.2) is 0 Å². The van der Waals surface area contributed by atoms with Gasteiger partial charge in [-0.05, 0) is 31.4 Å². The zero-order valence-electron chi connectivity index (χ0n) is 12.3. The van der Waals surface area contributed by atoms with Crippen molar-refractivity contribution in [2.24, 2.45) is 0 Å². The van der Waals surface area contributed by atoms with E-state index < -0.39 is 0 Å². The van der Waals surface area contributed by atoms with Crippen molar-refractivity contribution in [3.8, 4) is 0 Å². The maximum Gasteiger partial charge on any atom is 0.0602 e. The molecule has 0 saturated carbocycles. The highest BCUT2D eigenvalue weighted by Gasteiger charge is 2.25. The minimum Gasteiger partial charge on any atom is -0.395 e. The minimum absolute atomic E-state index is 0.133. The SMILES string of the molecule is CC(C)NC(CO)CN1c2ccccc2CCC1C. The van der Waals surface area contributed by atoms with Crippen LogP contribution in [0.1, 0.15) is 32.8 Å². The van der Waals surface area contributed by atoms with Crippen LogP contribution in [0.5, 0.6) is 0 Å². The normalized spacial score (nSPS) is 20.5. The lowest BCUT2D eigenvalue weighted by molar-refractivity contribution is 0.234. The molecule has 1 aliphatic rings. The first-order chi connectivity index (χ1) is 9.11. The van der Waals surface area contributed by atoms with Crippen molar-refractivity contribution >= 4 is 5.69 Å². The molecule has 0 spiro atoms. The Labute approximate surface area is 116 Å². The van der Waals surface area contributed by atoms with Gasteiger partial charge in [0.05, 0.1) is 6.61 Å². The van der Waals surface area contributed by atoms with Gasteiger partial charge in [0.25, 0.3) is 0 Å². The fourth-order valence-electron chi connectivity index (χ4n) is 2.91. The second-order valence-corrected chi connectivity index (χ2v) is 5.87. The summed E-state index contributed by atoms with van der Waals surface area (Å²) in [6, 6.07) is 9.71. The number of nitrogens with one attached hydrogen (secondary N) is 1. The molecule has 0 aliphatic carbocycles. The third kappa shape index (κ3) is 3.48. The summed E-state index contributed by atoms with van der Waals surface area (Å²) in [5.41, 5.74) is 2.77. The van der Waals surface area contributed by atoms with Crippen LogP contribution in [0.25, 0.3) is 0 Å². The number of hydrogen-bond donors (Lipinski definition) is 2. The molecule has 0 amide bonds. The minimum atomic E-state index is 0.133. The van der Waals surface area contributed by atoms with Crippen LogP contribution in [-0.2, 0) is 6.42 Å². The average Bonchev–Trinajstić information content (AvgIpc) is 2.40. The van der Waals surface area contributed by atoms with E-state index in [1.807, 2.05) is 0 Å². The number of aliphatic hydroxyl groups excluding tert-OH is 1. The Kier molecular flexibility index (Phi) is 4.83. The van der Waals surface area contributed by atoms with Crippen LogP contribution in [-0.4, -0.2) is 36.4 Å². The van der Waals surface area contributed by atoms with Crippen LogP contribution in [0.3, 0.4) is 0 Å². The molecule has 2 atom stereocenters. The quantitative estimate of drug-likeness (QED) is 0.854. The fourth-order valence-corrected chi connectivity index (χ4v) is 2.91. The first-order valence-corrected chi connectivity index (χ1v) is 7.33. The zero-order chi connectivity index (χ0) is 13.8. The van der Waals surface area contributed by atoms with E-state index in [0.717, 1.165) is 13.0 Å². The summed E-state index contributed by atoms with van der Waals surface area (Å²) in [5, 5.41) is 13.0. The number of fused-ring (bicyclic) bond motifs is 1. The number of aryl methyl sites for hydroxylation is 1. The lowest BCUT2D eigenvalue weighted by Gasteiger charge is -2.39. The third-order valence-electron chi connectivity index (χ3n) is 3.87. The van der Waals surface area contributed by atoms with Crippen molar-refractivity contribution in [3.05, 3.63) is 29.8 Å². The monoisotopic (exact) mass is 262 g/mol. The van der Waals surface area contributed by atoms with Gasteiger partial charge in [-0.25, -0.2) is 0 Å². The van der Waals surface area contributed by atoms with Crippen LogP contribution in [0.2, 0.25) is 0 Å². The van der Waals surface area contributed by atoms with E-state index in [-0.39, 0.29) is 12.6 Å². The van der Waals surface area contributed by atoms with Gasteiger partial charge in [0.2, 0.25) is 0 Å². The molecule has 1 heterocycles. The number of para-hydroxylation sites is 1. The number of hydrogen-bond acceptors (Lipinski definition) is 3. The molecular weight excluding hydrogens is 236 g/mol. The Morgan fingerprint density at radius 2 is 2.11 bits per heavy atom. The molecule has 2 unspecified atom stereocenters. The van der Waals surface area contributed by atoms with Crippen LogP contribution in [0.15, 0.2) is 24.3 Å². The van der Waals surface area contributed by atoms with Crippen LogP contribution < -0.4 is 10.2 Å². The summed E-state index contributed by atoms with van der Waals surface area (Å²) in [7, 11) is 0. The standard InChI is InChI=1S/C16H26N2O/c1-12(2)17-15(11-19)10-18-13(3)8-9-14-6-4-5-7-16(14)18/h4-7,12-13,15,17,19H,8-11H2,1-3H3. The number of nitrogens with zero attached hydrogens (tertiary/aromatic N) is 1. The van der Waals surface area contributed by atoms with Crippen molar-refractivity contribution in [2.75, 3.05) is 18.1 Å². The van der Waals surface area contributed by atoms with Crippen molar-refractivity contribution < 1.29 is 5.11 Å². The molecule has 0 bridgehead atoms. The zero-order valence-corrected chi connectivity index (χ0v) is 12.3. The predicted octanol–water partition coefficient (Wildman–Crippen LogP) is 2.19. The third-order valence-corrected chi connectivity index (χ3v) is 3.87. The number of aliphatic hydroxyl groups is 1. The smallest absolute Gasteiger partial charge is 0.0602 e. The Morgan fingerprint density at radius 3 is 2.79 bits per heavy atom. The molecule has 2 rings (SSSR count). The maximum absolute atomic E-state index is 9.55. The predicted molar refractivity (Wildman–Crippen MR) is 80.7 cm³/mol. The molecule has 3 heteroatoms. The van der Waals surface area contributed by atoms with Gasteiger partial charge in [0.1, 0.15) is 0 Å². The molecular formula is C16H26N2O. The van der Waals surface area contributed by atoms with Gasteiger partial charge in [0, 0.05) is 30.4 Å². The second kappa shape index (κ2) is 6.40. The lowest BCUT2D eigenvalue weighted by atomic mass is 9.96. The molecule has 106 valence electrons. The van der Waals surface area contributed by atoms with Gasteiger partial charge in [-0.15, -0.1) is 0 Å². The molecule has 1 aromatic rings. The van der Waals surface area contributed by atoms with Crippen LogP contribution in [0.4, 0.5) is 5.69 Å². The molecule has 0 radical (unpaired) electrons. The number of anilines is 1. The van der Waals surface area contributed by atoms with Crippen molar-refractivity contribution in [2.45, 2.75) is 51.7 Å². The molecule has 0 aromatic heterocycles. The first-order valence-electron chi connectivity index (χ1n) is 7.33. The first kappa shape index (κ1) is 14.4. The highest BCUT2D eigenvalue weighted by molar-refractivity contribution is 5.56. The summed E-state index contributed by atoms with van der Waals surface area (Å²) in [6.45, 7) is 7.57. The highest BCUT2D eigenvalue weighted by Crippen LogP contribution is 2.30. The van der Waals surface area contributed by atoms with Crippen LogP contribution >= 0.6 is 0 Å². The molecule has 2 N–H and O–H groups in total. The summed E-state index contributed by atoms with van der Waals surface area (Å²) in [4.78, 5) is 2.44. The summed E-state index contributed by atoms with van der Waals surface area (Å²) >= 11 is 0. The van der Waals surface area contributed by atoms with Gasteiger partial charge in [-0.3, -0.25) is 0 Å². The molecule has 0 fully saturated rings. The molecule has 0 saturated heterocycles. The van der Waals surface area contributed by atoms with E-state index in [1.165, 1.54) is 17.7 Å². The summed E-state index contributed by atoms with van der Waals surface area (Å²) in [6.07, 6.45) is 2.35. The fraction of sp³-hybridized carbons (Fsp3) is 0.625. The van der Waals surface area contributed by atoms with E-state index in [2.05, 4.69) is 55.3 Å². The molecule has 19 heavy (non-hydrogen) atoms. The van der Waals surface area contributed by atoms with Gasteiger partial charge in [-0.1, -0.05) is 32.0 Å². The van der Waals surface area contributed by atoms with Gasteiger partial charge in [-0.2, -0.15) is 0 Å². The van der Waals surface area contributed by atoms with E-state index in [1.54, 1.807) is 0 Å². The van der Waals surface area contributed by atoms with Crippen molar-refractivity contribution in [3.63, 3.8) is 0 Å². The number of rotatable bonds is 5. The van der Waals surface area contributed by atoms with E-state index in [4.69, 9.17) is 0 Å². The Bertz CT molecular complexity index is 405. The number of benzene rings is 1. The van der Waals surface area contributed by atoms with E-state index >= 15 is 0 Å². The van der Waals surface area contributed by atoms with E-state index in [0.29, 0.717) is 12.1 Å². The maximum atomic E-state index is 9.55. The highest BCUT2D eigenvalue weighted by atomic mass is 16.3. The Hall–Kier alpha value is -1.06. The molecule has 1 aliphatic heterocycles. The summed E-state index contributed by atoms with van der Waals surface area (Å²) < 4.78 is 0. The Balaban J connectivity index is 2.14. The largest absolute Gasteiger partial charge is 0.395 e. The molecule has 3 nitrogen and oxygen atoms in total. The topological polar surface area (TPSA) is 35.5 Å². The van der Waals surface area contributed by atoms with E-state index in [9.17, 15) is 5.11 Å². The summed E-state index contributed by atoms with van der Waals surface area (Å²) in [5.74, 6) is 0. The van der Waals surface area contributed by atoms with Crippen LogP contribution in [0, 0.1) is 0 Å². The molecule has 1 aromatic carbocycles. The average molecular weight is 262 g/mol. The van der Waals surface area contributed by atoms with Crippen molar-refractivity contribution in [1.82, 2.24) is 5.32 Å².